The van der Waals surface area contributed by atoms with E-state index in [2.05, 4.69) is 11.1 Å². The molecular formula is C11H13NO2S. The zero-order valence-corrected chi connectivity index (χ0v) is 9.17. The minimum atomic E-state index is -0.695. The van der Waals surface area contributed by atoms with Crippen molar-refractivity contribution in [3.8, 4) is 0 Å². The molecule has 0 aliphatic heterocycles. The van der Waals surface area contributed by atoms with Crippen molar-refractivity contribution in [2.24, 2.45) is 5.41 Å². The third kappa shape index (κ3) is 2.09. The van der Waals surface area contributed by atoms with Gasteiger partial charge >= 0.3 is 5.97 Å². The smallest absolute Gasteiger partial charge is 0.310 e. The number of carboxylic acids is 1. The van der Waals surface area contributed by atoms with E-state index in [-0.39, 0.29) is 0 Å². The first-order chi connectivity index (χ1) is 7.23. The summed E-state index contributed by atoms with van der Waals surface area (Å²) in [6.45, 7) is 0. The van der Waals surface area contributed by atoms with Gasteiger partial charge in [0.15, 0.2) is 0 Å². The van der Waals surface area contributed by atoms with Crippen LogP contribution in [0.2, 0.25) is 0 Å². The van der Waals surface area contributed by atoms with E-state index in [1.54, 1.807) is 5.51 Å². The molecule has 0 radical (unpaired) electrons. The standard InChI is InChI=1S/C11H13NO2S/c13-10(14)11(4-2-1-3-5-11)6-9-7-15-8-12-9/h1-2,7-8H,3-6H2,(H,13,14). The molecule has 1 unspecified atom stereocenters. The Hall–Kier alpha value is -1.16. The van der Waals surface area contributed by atoms with Crippen molar-refractivity contribution in [3.63, 3.8) is 0 Å². The second-order valence-electron chi connectivity index (χ2n) is 3.96. The van der Waals surface area contributed by atoms with Crippen LogP contribution in [-0.4, -0.2) is 16.1 Å². The lowest BCUT2D eigenvalue weighted by molar-refractivity contribution is -0.149. The third-order valence-electron chi connectivity index (χ3n) is 2.92. The fourth-order valence-corrected chi connectivity index (χ4v) is 2.55. The van der Waals surface area contributed by atoms with Crippen LogP contribution in [0.3, 0.4) is 0 Å². The number of carbonyl (C=O) groups is 1. The fraction of sp³-hybridized carbons (Fsp3) is 0.455. The van der Waals surface area contributed by atoms with E-state index in [1.165, 1.54) is 11.3 Å². The molecule has 1 atom stereocenters. The van der Waals surface area contributed by atoms with E-state index in [0.717, 1.165) is 18.5 Å². The monoisotopic (exact) mass is 223 g/mol. The second kappa shape index (κ2) is 4.14. The highest BCUT2D eigenvalue weighted by atomic mass is 32.1. The number of aliphatic carboxylic acids is 1. The molecule has 1 aliphatic rings. The first-order valence-electron chi connectivity index (χ1n) is 4.98. The maximum absolute atomic E-state index is 11.3. The quantitative estimate of drug-likeness (QED) is 0.801. The Labute approximate surface area is 92.5 Å². The molecule has 0 fully saturated rings. The zero-order valence-electron chi connectivity index (χ0n) is 8.35. The lowest BCUT2D eigenvalue weighted by Crippen LogP contribution is -2.34. The van der Waals surface area contributed by atoms with Gasteiger partial charge in [-0.2, -0.15) is 0 Å². The van der Waals surface area contributed by atoms with Gasteiger partial charge in [-0.3, -0.25) is 4.79 Å². The number of hydrogen-bond acceptors (Lipinski definition) is 3. The summed E-state index contributed by atoms with van der Waals surface area (Å²) in [6.07, 6.45) is 6.79. The average Bonchev–Trinajstić information content (AvgIpc) is 2.71. The van der Waals surface area contributed by atoms with E-state index in [9.17, 15) is 9.90 Å². The van der Waals surface area contributed by atoms with Crippen molar-refractivity contribution in [2.45, 2.75) is 25.7 Å². The molecule has 0 saturated heterocycles. The fourth-order valence-electron chi connectivity index (χ4n) is 1.99. The highest BCUT2D eigenvalue weighted by Gasteiger charge is 2.38. The van der Waals surface area contributed by atoms with E-state index >= 15 is 0 Å². The topological polar surface area (TPSA) is 50.2 Å². The Morgan fingerprint density at radius 2 is 2.47 bits per heavy atom. The minimum Gasteiger partial charge on any atom is -0.481 e. The molecule has 1 aromatic heterocycles. The van der Waals surface area contributed by atoms with Crippen LogP contribution in [0, 0.1) is 5.41 Å². The molecule has 15 heavy (non-hydrogen) atoms. The van der Waals surface area contributed by atoms with Crippen LogP contribution in [0.1, 0.15) is 25.0 Å². The van der Waals surface area contributed by atoms with Gasteiger partial charge in [-0.25, -0.2) is 4.98 Å². The number of rotatable bonds is 3. The molecule has 2 rings (SSSR count). The largest absolute Gasteiger partial charge is 0.481 e. The van der Waals surface area contributed by atoms with Gasteiger partial charge in [0.2, 0.25) is 0 Å². The van der Waals surface area contributed by atoms with Crippen LogP contribution in [0.5, 0.6) is 0 Å². The van der Waals surface area contributed by atoms with Crippen molar-refractivity contribution in [3.05, 3.63) is 28.7 Å². The van der Waals surface area contributed by atoms with Crippen LogP contribution in [0.15, 0.2) is 23.0 Å². The Bertz CT molecular complexity index is 372. The van der Waals surface area contributed by atoms with E-state index < -0.39 is 11.4 Å². The molecule has 3 nitrogen and oxygen atoms in total. The molecule has 4 heteroatoms. The molecule has 0 bridgehead atoms. The first-order valence-corrected chi connectivity index (χ1v) is 5.93. The predicted octanol–water partition coefficient (Wildman–Crippen LogP) is 2.50. The summed E-state index contributed by atoms with van der Waals surface area (Å²) < 4.78 is 0. The summed E-state index contributed by atoms with van der Waals surface area (Å²) >= 11 is 1.52. The van der Waals surface area contributed by atoms with Gasteiger partial charge in [-0.1, -0.05) is 12.2 Å². The maximum atomic E-state index is 11.3. The highest BCUT2D eigenvalue weighted by molar-refractivity contribution is 7.07. The van der Waals surface area contributed by atoms with Gasteiger partial charge in [-0.15, -0.1) is 11.3 Å². The number of allylic oxidation sites excluding steroid dienone is 2. The SMILES string of the molecule is O=C(O)C1(Cc2cscn2)CC=CCC1. The normalized spacial score (nSPS) is 25.3. The summed E-state index contributed by atoms with van der Waals surface area (Å²) in [6, 6.07) is 0. The van der Waals surface area contributed by atoms with Gasteiger partial charge in [-0.05, 0) is 19.3 Å². The molecule has 1 aromatic rings. The Kier molecular flexibility index (Phi) is 2.86. The number of hydrogen-bond donors (Lipinski definition) is 1. The third-order valence-corrected chi connectivity index (χ3v) is 3.56. The lowest BCUT2D eigenvalue weighted by Gasteiger charge is -2.29. The Balaban J connectivity index is 2.20. The van der Waals surface area contributed by atoms with E-state index in [4.69, 9.17) is 0 Å². The molecule has 1 heterocycles. The van der Waals surface area contributed by atoms with Crippen LogP contribution in [0.25, 0.3) is 0 Å². The minimum absolute atomic E-state index is 0.552. The maximum Gasteiger partial charge on any atom is 0.310 e. The zero-order chi connectivity index (χ0) is 10.7. The van der Waals surface area contributed by atoms with Gasteiger partial charge in [0.25, 0.3) is 0 Å². The molecule has 0 spiro atoms. The summed E-state index contributed by atoms with van der Waals surface area (Å²) in [5.74, 6) is -0.695. The van der Waals surface area contributed by atoms with Crippen LogP contribution in [0.4, 0.5) is 0 Å². The Morgan fingerprint density at radius 3 is 3.00 bits per heavy atom. The highest BCUT2D eigenvalue weighted by Crippen LogP contribution is 2.36. The van der Waals surface area contributed by atoms with Gasteiger partial charge in [0.1, 0.15) is 0 Å². The number of aromatic nitrogens is 1. The molecule has 0 amide bonds. The van der Waals surface area contributed by atoms with Crippen LogP contribution in [-0.2, 0) is 11.2 Å². The van der Waals surface area contributed by atoms with E-state index in [0.29, 0.717) is 12.8 Å². The molecule has 1 aliphatic carbocycles. The van der Waals surface area contributed by atoms with Crippen LogP contribution >= 0.6 is 11.3 Å². The average molecular weight is 223 g/mol. The molecular weight excluding hydrogens is 210 g/mol. The van der Waals surface area contributed by atoms with Crippen molar-refractivity contribution in [1.82, 2.24) is 4.98 Å². The van der Waals surface area contributed by atoms with Crippen LogP contribution < -0.4 is 0 Å². The molecule has 1 N–H and O–H groups in total. The number of carboxylic acid groups (broad SMARTS) is 1. The lowest BCUT2D eigenvalue weighted by atomic mass is 9.74. The van der Waals surface area contributed by atoms with Crippen molar-refractivity contribution < 1.29 is 9.90 Å². The van der Waals surface area contributed by atoms with Crippen molar-refractivity contribution >= 4 is 17.3 Å². The van der Waals surface area contributed by atoms with Gasteiger partial charge < -0.3 is 5.11 Å². The predicted molar refractivity (Wildman–Crippen MR) is 58.9 cm³/mol. The summed E-state index contributed by atoms with van der Waals surface area (Å²) in [7, 11) is 0. The molecule has 80 valence electrons. The van der Waals surface area contributed by atoms with Gasteiger partial charge in [0, 0.05) is 11.8 Å². The number of nitrogens with zero attached hydrogens (tertiary/aromatic N) is 1. The second-order valence-corrected chi connectivity index (χ2v) is 4.67. The van der Waals surface area contributed by atoms with E-state index in [1.807, 2.05) is 11.5 Å². The van der Waals surface area contributed by atoms with Crippen molar-refractivity contribution in [1.29, 1.82) is 0 Å². The van der Waals surface area contributed by atoms with Gasteiger partial charge in [0.05, 0.1) is 16.6 Å². The molecule has 0 saturated carbocycles. The summed E-state index contributed by atoms with van der Waals surface area (Å²) in [4.78, 5) is 15.5. The summed E-state index contributed by atoms with van der Waals surface area (Å²) in [5, 5.41) is 11.3. The first kappa shape index (κ1) is 10.4. The number of thiazole rings is 1. The van der Waals surface area contributed by atoms with Crippen molar-refractivity contribution in [2.75, 3.05) is 0 Å². The molecule has 0 aromatic carbocycles. The Morgan fingerprint density at radius 1 is 1.60 bits per heavy atom. The summed E-state index contributed by atoms with van der Waals surface area (Å²) in [5.41, 5.74) is 2.03.